The highest BCUT2D eigenvalue weighted by molar-refractivity contribution is 6.33. The first-order valence-electron chi connectivity index (χ1n) is 6.55. The van der Waals surface area contributed by atoms with Crippen molar-refractivity contribution in [3.63, 3.8) is 0 Å². The monoisotopic (exact) mass is 314 g/mol. The fourth-order valence-electron chi connectivity index (χ4n) is 1.50. The number of halogens is 1. The lowest BCUT2D eigenvalue weighted by Gasteiger charge is -2.10. The van der Waals surface area contributed by atoms with Gasteiger partial charge in [0.1, 0.15) is 0 Å². The Kier molecular flexibility index (Phi) is 6.98. The van der Waals surface area contributed by atoms with Crippen molar-refractivity contribution < 1.29 is 19.4 Å². The minimum absolute atomic E-state index is 0.00953. The van der Waals surface area contributed by atoms with Gasteiger partial charge in [0, 0.05) is 18.8 Å². The largest absolute Gasteiger partial charge is 0.478 e. The van der Waals surface area contributed by atoms with E-state index in [0.29, 0.717) is 31.4 Å². The van der Waals surface area contributed by atoms with Gasteiger partial charge in [-0.1, -0.05) is 25.4 Å². The van der Waals surface area contributed by atoms with Crippen molar-refractivity contribution in [1.82, 2.24) is 5.32 Å². The zero-order valence-electron chi connectivity index (χ0n) is 12.0. The number of carbonyl (C=O) groups excluding carboxylic acids is 1. The maximum atomic E-state index is 11.6. The highest BCUT2D eigenvalue weighted by atomic mass is 35.5. The van der Waals surface area contributed by atoms with E-state index in [1.54, 1.807) is 0 Å². The van der Waals surface area contributed by atoms with Crippen LogP contribution in [-0.4, -0.2) is 36.9 Å². The van der Waals surface area contributed by atoms with Gasteiger partial charge in [-0.2, -0.15) is 0 Å². The molecule has 0 aromatic heterocycles. The molecule has 0 bridgehead atoms. The molecule has 1 aromatic carbocycles. The van der Waals surface area contributed by atoms with Gasteiger partial charge in [-0.25, -0.2) is 9.59 Å². The van der Waals surface area contributed by atoms with Gasteiger partial charge in [0.2, 0.25) is 0 Å². The Morgan fingerprint density at radius 3 is 2.67 bits per heavy atom. The molecule has 0 radical (unpaired) electrons. The third-order valence-electron chi connectivity index (χ3n) is 2.44. The van der Waals surface area contributed by atoms with E-state index in [2.05, 4.69) is 10.6 Å². The third kappa shape index (κ3) is 6.46. The molecular formula is C14H19ClN2O4. The second-order valence-electron chi connectivity index (χ2n) is 4.85. The van der Waals surface area contributed by atoms with Gasteiger partial charge in [-0.15, -0.1) is 0 Å². The molecule has 0 saturated carbocycles. The summed E-state index contributed by atoms with van der Waals surface area (Å²) in [5.41, 5.74) is 0.412. The third-order valence-corrected chi connectivity index (χ3v) is 2.75. The summed E-state index contributed by atoms with van der Waals surface area (Å²) in [6.45, 7) is 5.56. The predicted octanol–water partition coefficient (Wildman–Crippen LogP) is 2.83. The molecule has 0 aliphatic rings. The van der Waals surface area contributed by atoms with Crippen molar-refractivity contribution >= 4 is 29.3 Å². The van der Waals surface area contributed by atoms with Gasteiger partial charge in [-0.05, 0) is 24.1 Å². The van der Waals surface area contributed by atoms with Crippen LogP contribution < -0.4 is 10.6 Å². The first kappa shape index (κ1) is 17.3. The first-order valence-corrected chi connectivity index (χ1v) is 6.93. The lowest BCUT2D eigenvalue weighted by atomic mass is 10.2. The quantitative estimate of drug-likeness (QED) is 0.675. The number of carboxylic acids is 1. The minimum atomic E-state index is -1.11. The Hall–Kier alpha value is -1.79. The predicted molar refractivity (Wildman–Crippen MR) is 81.1 cm³/mol. The molecule has 6 nitrogen and oxygen atoms in total. The molecule has 0 unspecified atom stereocenters. The van der Waals surface area contributed by atoms with Crippen molar-refractivity contribution in [3.8, 4) is 0 Å². The van der Waals surface area contributed by atoms with E-state index in [1.165, 1.54) is 18.2 Å². The van der Waals surface area contributed by atoms with Crippen molar-refractivity contribution in [2.24, 2.45) is 5.92 Å². The number of anilines is 1. The number of hydrogen-bond donors (Lipinski definition) is 3. The summed E-state index contributed by atoms with van der Waals surface area (Å²) in [6.07, 6.45) is 0. The van der Waals surface area contributed by atoms with Crippen molar-refractivity contribution in [3.05, 3.63) is 28.8 Å². The van der Waals surface area contributed by atoms with Crippen LogP contribution in [0.1, 0.15) is 24.2 Å². The molecule has 0 aliphatic heterocycles. The van der Waals surface area contributed by atoms with E-state index in [4.69, 9.17) is 21.4 Å². The maximum Gasteiger partial charge on any atom is 0.337 e. The van der Waals surface area contributed by atoms with Crippen LogP contribution in [0.5, 0.6) is 0 Å². The lowest BCUT2D eigenvalue weighted by molar-refractivity contribution is 0.0697. The summed E-state index contributed by atoms with van der Waals surface area (Å²) in [5.74, 6) is -0.660. The molecule has 0 saturated heterocycles. The average molecular weight is 315 g/mol. The maximum absolute atomic E-state index is 11.6. The second kappa shape index (κ2) is 8.49. The van der Waals surface area contributed by atoms with Crippen LogP contribution >= 0.6 is 11.6 Å². The van der Waals surface area contributed by atoms with E-state index in [-0.39, 0.29) is 10.6 Å². The molecule has 0 spiro atoms. The zero-order valence-corrected chi connectivity index (χ0v) is 12.7. The SMILES string of the molecule is CC(C)COCCNC(=O)Nc1ccc(C(=O)O)c(Cl)c1. The highest BCUT2D eigenvalue weighted by Crippen LogP contribution is 2.20. The zero-order chi connectivity index (χ0) is 15.8. The van der Waals surface area contributed by atoms with Crippen LogP contribution in [0.4, 0.5) is 10.5 Å². The Morgan fingerprint density at radius 1 is 1.38 bits per heavy atom. The average Bonchev–Trinajstić information content (AvgIpc) is 2.37. The first-order chi connectivity index (χ1) is 9.90. The summed E-state index contributed by atoms with van der Waals surface area (Å²) in [7, 11) is 0. The molecule has 0 aliphatic carbocycles. The van der Waals surface area contributed by atoms with Crippen LogP contribution in [-0.2, 0) is 4.74 Å². The smallest absolute Gasteiger partial charge is 0.337 e. The van der Waals surface area contributed by atoms with E-state index < -0.39 is 12.0 Å². The second-order valence-corrected chi connectivity index (χ2v) is 5.26. The van der Waals surface area contributed by atoms with E-state index in [9.17, 15) is 9.59 Å². The van der Waals surface area contributed by atoms with Crippen LogP contribution in [0.2, 0.25) is 5.02 Å². The van der Waals surface area contributed by atoms with Gasteiger partial charge in [0.15, 0.2) is 0 Å². The minimum Gasteiger partial charge on any atom is -0.478 e. The molecule has 0 fully saturated rings. The Bertz CT molecular complexity index is 506. The van der Waals surface area contributed by atoms with Gasteiger partial charge in [0.25, 0.3) is 0 Å². The van der Waals surface area contributed by atoms with E-state index in [0.717, 1.165) is 0 Å². The molecule has 0 atom stereocenters. The van der Waals surface area contributed by atoms with Crippen LogP contribution in [0.15, 0.2) is 18.2 Å². The molecule has 1 aromatic rings. The molecular weight excluding hydrogens is 296 g/mol. The summed E-state index contributed by atoms with van der Waals surface area (Å²) in [6, 6.07) is 3.80. The number of benzene rings is 1. The Morgan fingerprint density at radius 2 is 2.10 bits per heavy atom. The van der Waals surface area contributed by atoms with E-state index in [1.807, 2.05) is 13.8 Å². The number of rotatable bonds is 7. The Labute approximate surface area is 128 Å². The normalized spacial score (nSPS) is 10.5. The molecule has 7 heteroatoms. The molecule has 0 heterocycles. The fraction of sp³-hybridized carbons (Fsp3) is 0.429. The number of carbonyl (C=O) groups is 2. The van der Waals surface area contributed by atoms with Crippen molar-refractivity contribution in [1.29, 1.82) is 0 Å². The number of carboxylic acid groups (broad SMARTS) is 1. The van der Waals surface area contributed by atoms with E-state index >= 15 is 0 Å². The highest BCUT2D eigenvalue weighted by Gasteiger charge is 2.10. The molecule has 116 valence electrons. The van der Waals surface area contributed by atoms with Crippen LogP contribution in [0, 0.1) is 5.92 Å². The molecule has 1 rings (SSSR count). The topological polar surface area (TPSA) is 87.7 Å². The van der Waals surface area contributed by atoms with Gasteiger partial charge in [0.05, 0.1) is 17.2 Å². The number of nitrogens with one attached hydrogen (secondary N) is 2. The molecule has 3 N–H and O–H groups in total. The number of hydrogen-bond acceptors (Lipinski definition) is 3. The molecule has 2 amide bonds. The van der Waals surface area contributed by atoms with Gasteiger partial charge in [-0.3, -0.25) is 0 Å². The summed E-state index contributed by atoms with van der Waals surface area (Å²) >= 11 is 5.81. The summed E-state index contributed by atoms with van der Waals surface area (Å²) in [4.78, 5) is 22.4. The Balaban J connectivity index is 2.38. The van der Waals surface area contributed by atoms with Crippen molar-refractivity contribution in [2.45, 2.75) is 13.8 Å². The summed E-state index contributed by atoms with van der Waals surface area (Å²) in [5, 5.41) is 14.1. The number of ether oxygens (including phenoxy) is 1. The lowest BCUT2D eigenvalue weighted by Crippen LogP contribution is -2.31. The standard InChI is InChI=1S/C14H19ClN2O4/c1-9(2)8-21-6-5-16-14(20)17-10-3-4-11(13(18)19)12(15)7-10/h3-4,7,9H,5-6,8H2,1-2H3,(H,18,19)(H2,16,17,20). The van der Waals surface area contributed by atoms with Crippen LogP contribution in [0.25, 0.3) is 0 Å². The number of urea groups is 1. The fourth-order valence-corrected chi connectivity index (χ4v) is 1.76. The van der Waals surface area contributed by atoms with Crippen LogP contribution in [0.3, 0.4) is 0 Å². The molecule has 21 heavy (non-hydrogen) atoms. The summed E-state index contributed by atoms with van der Waals surface area (Å²) < 4.78 is 5.33. The number of amides is 2. The number of aromatic carboxylic acids is 1. The van der Waals surface area contributed by atoms with Gasteiger partial charge < -0.3 is 20.5 Å². The van der Waals surface area contributed by atoms with Gasteiger partial charge >= 0.3 is 12.0 Å². The van der Waals surface area contributed by atoms with Crippen molar-refractivity contribution in [2.75, 3.05) is 25.1 Å².